The van der Waals surface area contributed by atoms with Crippen molar-refractivity contribution in [1.82, 2.24) is 15.5 Å². The Morgan fingerprint density at radius 3 is 2.52 bits per heavy atom. The maximum atomic E-state index is 12.2. The predicted molar refractivity (Wildman–Crippen MR) is 124 cm³/mol. The highest BCUT2D eigenvalue weighted by Crippen LogP contribution is 2.23. The SMILES string of the molecule is CCNC(=NCc1ccc(CN2CCCC2)cc1)NC1CCCC(S(=O)CC)C1. The molecule has 2 N–H and O–H groups in total. The first-order valence-electron chi connectivity index (χ1n) is 11.4. The number of likely N-dealkylation sites (tertiary alicyclic amines) is 1. The summed E-state index contributed by atoms with van der Waals surface area (Å²) < 4.78 is 12.2. The van der Waals surface area contributed by atoms with Gasteiger partial charge in [0.2, 0.25) is 0 Å². The van der Waals surface area contributed by atoms with Gasteiger partial charge in [-0.2, -0.15) is 0 Å². The molecule has 2 aliphatic rings. The van der Waals surface area contributed by atoms with Gasteiger partial charge in [-0.15, -0.1) is 0 Å². The van der Waals surface area contributed by atoms with Gasteiger partial charge in [-0.05, 0) is 63.2 Å². The van der Waals surface area contributed by atoms with Crippen LogP contribution in [-0.4, -0.2) is 51.7 Å². The van der Waals surface area contributed by atoms with Crippen molar-refractivity contribution in [1.29, 1.82) is 0 Å². The van der Waals surface area contributed by atoms with Crippen molar-refractivity contribution in [2.45, 2.75) is 76.8 Å². The molecule has 0 bridgehead atoms. The molecule has 162 valence electrons. The zero-order valence-electron chi connectivity index (χ0n) is 18.2. The molecule has 2 fully saturated rings. The highest BCUT2D eigenvalue weighted by Gasteiger charge is 2.26. The highest BCUT2D eigenvalue weighted by atomic mass is 32.2. The van der Waals surface area contributed by atoms with Crippen LogP contribution in [0.2, 0.25) is 0 Å². The fourth-order valence-electron chi connectivity index (χ4n) is 4.38. The van der Waals surface area contributed by atoms with Crippen LogP contribution in [0.25, 0.3) is 0 Å². The second-order valence-electron chi connectivity index (χ2n) is 8.29. The van der Waals surface area contributed by atoms with E-state index in [4.69, 9.17) is 4.99 Å². The van der Waals surface area contributed by atoms with Crippen LogP contribution >= 0.6 is 0 Å². The van der Waals surface area contributed by atoms with Gasteiger partial charge < -0.3 is 10.6 Å². The summed E-state index contributed by atoms with van der Waals surface area (Å²) in [7, 11) is -0.694. The fraction of sp³-hybridized carbons (Fsp3) is 0.696. The summed E-state index contributed by atoms with van der Waals surface area (Å²) in [5.41, 5.74) is 2.63. The average molecular weight is 419 g/mol. The van der Waals surface area contributed by atoms with E-state index in [-0.39, 0.29) is 0 Å². The Morgan fingerprint density at radius 2 is 1.83 bits per heavy atom. The second-order valence-corrected chi connectivity index (χ2v) is 10.3. The van der Waals surface area contributed by atoms with Gasteiger partial charge in [0.05, 0.1) is 6.54 Å². The molecular weight excluding hydrogens is 380 g/mol. The smallest absolute Gasteiger partial charge is 0.191 e. The third kappa shape index (κ3) is 7.10. The lowest BCUT2D eigenvalue weighted by atomic mass is 9.95. The Labute approximate surface area is 179 Å². The lowest BCUT2D eigenvalue weighted by molar-refractivity contribution is 0.331. The van der Waals surface area contributed by atoms with Gasteiger partial charge in [-0.25, -0.2) is 4.99 Å². The Hall–Kier alpha value is -1.40. The van der Waals surface area contributed by atoms with E-state index in [1.54, 1.807) is 0 Å². The first kappa shape index (κ1) is 22.3. The molecule has 1 saturated carbocycles. The highest BCUT2D eigenvalue weighted by molar-refractivity contribution is 7.85. The molecule has 29 heavy (non-hydrogen) atoms. The van der Waals surface area contributed by atoms with Gasteiger partial charge in [0, 0.05) is 40.9 Å². The topological polar surface area (TPSA) is 56.7 Å². The molecular formula is C23H38N4OS. The molecule has 1 heterocycles. The molecule has 0 radical (unpaired) electrons. The Morgan fingerprint density at radius 1 is 1.10 bits per heavy atom. The summed E-state index contributed by atoms with van der Waals surface area (Å²) in [6.07, 6.45) is 7.03. The van der Waals surface area contributed by atoms with Gasteiger partial charge in [0.25, 0.3) is 0 Å². The van der Waals surface area contributed by atoms with Crippen LogP contribution in [-0.2, 0) is 23.9 Å². The first-order chi connectivity index (χ1) is 14.2. The molecule has 1 aromatic carbocycles. The van der Waals surface area contributed by atoms with Gasteiger partial charge >= 0.3 is 0 Å². The molecule has 5 nitrogen and oxygen atoms in total. The minimum absolute atomic E-state index is 0.331. The van der Waals surface area contributed by atoms with Crippen molar-refractivity contribution in [2.75, 3.05) is 25.4 Å². The molecule has 1 aliphatic carbocycles. The van der Waals surface area contributed by atoms with Crippen LogP contribution in [0.15, 0.2) is 29.3 Å². The molecule has 3 rings (SSSR count). The normalized spacial score (nSPS) is 24.4. The summed E-state index contributed by atoms with van der Waals surface area (Å²) in [5.74, 6) is 1.64. The Balaban J connectivity index is 1.53. The number of guanidine groups is 1. The number of aliphatic imine (C=N–C) groups is 1. The molecule has 6 heteroatoms. The van der Waals surface area contributed by atoms with Crippen molar-refractivity contribution < 1.29 is 4.21 Å². The van der Waals surface area contributed by atoms with Gasteiger partial charge in [-0.1, -0.05) is 37.6 Å². The van der Waals surface area contributed by atoms with Crippen LogP contribution in [0.1, 0.15) is 63.5 Å². The number of benzene rings is 1. The van der Waals surface area contributed by atoms with Gasteiger partial charge in [0.1, 0.15) is 0 Å². The maximum absolute atomic E-state index is 12.2. The fourth-order valence-corrected chi connectivity index (χ4v) is 5.73. The van der Waals surface area contributed by atoms with Crippen LogP contribution < -0.4 is 10.6 Å². The quantitative estimate of drug-likeness (QED) is 0.502. The molecule has 0 amide bonds. The van der Waals surface area contributed by atoms with Crippen LogP contribution in [0.5, 0.6) is 0 Å². The monoisotopic (exact) mass is 418 g/mol. The standard InChI is InChI=1S/C23H38N4OS/c1-3-24-23(26-21-8-7-9-22(16-21)29(28)4-2)25-17-19-10-12-20(13-11-19)18-27-14-5-6-15-27/h10-13,21-22H,3-9,14-18H2,1-2H3,(H2,24,25,26). The van der Waals surface area contributed by atoms with E-state index < -0.39 is 10.8 Å². The average Bonchev–Trinajstić information content (AvgIpc) is 3.26. The molecule has 3 atom stereocenters. The van der Waals surface area contributed by atoms with Crippen molar-refractivity contribution in [2.24, 2.45) is 4.99 Å². The number of hydrogen-bond donors (Lipinski definition) is 2. The Bertz CT molecular complexity index is 670. The number of rotatable bonds is 8. The van der Waals surface area contributed by atoms with Crippen LogP contribution in [0.3, 0.4) is 0 Å². The minimum atomic E-state index is -0.694. The third-order valence-corrected chi connectivity index (χ3v) is 7.76. The summed E-state index contributed by atoms with van der Waals surface area (Å²) in [4.78, 5) is 7.34. The molecule has 0 spiro atoms. The molecule has 1 aromatic rings. The molecule has 1 saturated heterocycles. The van der Waals surface area contributed by atoms with Crippen molar-refractivity contribution in [3.8, 4) is 0 Å². The van der Waals surface area contributed by atoms with Crippen molar-refractivity contribution in [3.63, 3.8) is 0 Å². The number of nitrogens with zero attached hydrogens (tertiary/aromatic N) is 2. The van der Waals surface area contributed by atoms with Crippen LogP contribution in [0, 0.1) is 0 Å². The summed E-state index contributed by atoms with van der Waals surface area (Å²) >= 11 is 0. The third-order valence-electron chi connectivity index (χ3n) is 6.02. The number of nitrogens with one attached hydrogen (secondary N) is 2. The van der Waals surface area contributed by atoms with E-state index in [9.17, 15) is 4.21 Å². The maximum Gasteiger partial charge on any atom is 0.191 e. The van der Waals surface area contributed by atoms with E-state index in [2.05, 4.69) is 46.7 Å². The van der Waals surface area contributed by atoms with Gasteiger partial charge in [0.15, 0.2) is 5.96 Å². The zero-order valence-corrected chi connectivity index (χ0v) is 19.0. The Kier molecular flexibility index (Phi) is 8.99. The van der Waals surface area contributed by atoms with Crippen molar-refractivity contribution in [3.05, 3.63) is 35.4 Å². The summed E-state index contributed by atoms with van der Waals surface area (Å²) in [6.45, 7) is 9.17. The predicted octanol–water partition coefficient (Wildman–Crippen LogP) is 3.42. The van der Waals surface area contributed by atoms with E-state index in [0.29, 0.717) is 17.8 Å². The van der Waals surface area contributed by atoms with E-state index in [0.717, 1.165) is 50.5 Å². The summed E-state index contributed by atoms with van der Waals surface area (Å²) in [5, 5.41) is 7.30. The largest absolute Gasteiger partial charge is 0.357 e. The van der Waals surface area contributed by atoms with Crippen LogP contribution in [0.4, 0.5) is 0 Å². The van der Waals surface area contributed by atoms with E-state index in [1.807, 2.05) is 6.92 Å². The minimum Gasteiger partial charge on any atom is -0.357 e. The molecule has 1 aliphatic heterocycles. The van der Waals surface area contributed by atoms with E-state index in [1.165, 1.54) is 37.1 Å². The van der Waals surface area contributed by atoms with Crippen molar-refractivity contribution >= 4 is 16.8 Å². The van der Waals surface area contributed by atoms with E-state index >= 15 is 0 Å². The first-order valence-corrected chi connectivity index (χ1v) is 12.8. The molecule has 0 aromatic heterocycles. The molecule has 3 unspecified atom stereocenters. The number of hydrogen-bond acceptors (Lipinski definition) is 3. The van der Waals surface area contributed by atoms with Gasteiger partial charge in [-0.3, -0.25) is 9.11 Å². The summed E-state index contributed by atoms with van der Waals surface area (Å²) in [6, 6.07) is 9.27. The zero-order chi connectivity index (χ0) is 20.5. The second kappa shape index (κ2) is 11.7. The lowest BCUT2D eigenvalue weighted by Gasteiger charge is -2.30. The lowest BCUT2D eigenvalue weighted by Crippen LogP contribution is -2.46.